The van der Waals surface area contributed by atoms with E-state index >= 15 is 0 Å². The highest BCUT2D eigenvalue weighted by Crippen LogP contribution is 2.34. The molecule has 0 aromatic heterocycles. The van der Waals surface area contributed by atoms with E-state index in [9.17, 15) is 4.79 Å². The van der Waals surface area contributed by atoms with Crippen LogP contribution in [0.15, 0.2) is 48.5 Å². The lowest BCUT2D eigenvalue weighted by Crippen LogP contribution is -2.45. The van der Waals surface area contributed by atoms with Gasteiger partial charge in [-0.05, 0) is 30.7 Å². The molecule has 1 atom stereocenters. The summed E-state index contributed by atoms with van der Waals surface area (Å²) in [5.41, 5.74) is 0.788. The van der Waals surface area contributed by atoms with Gasteiger partial charge >= 0.3 is 0 Å². The fourth-order valence-corrected chi connectivity index (χ4v) is 2.70. The lowest BCUT2D eigenvalue weighted by Gasteiger charge is -2.34. The number of amides is 1. The molecule has 126 valence electrons. The van der Waals surface area contributed by atoms with Gasteiger partial charge in [0.15, 0.2) is 18.1 Å². The van der Waals surface area contributed by atoms with Gasteiger partial charge in [0.1, 0.15) is 11.9 Å². The van der Waals surface area contributed by atoms with Crippen LogP contribution < -0.4 is 19.1 Å². The summed E-state index contributed by atoms with van der Waals surface area (Å²) in [6.45, 7) is 2.53. The van der Waals surface area contributed by atoms with E-state index in [1.807, 2.05) is 43.3 Å². The third kappa shape index (κ3) is 3.30. The molecule has 5 nitrogen and oxygen atoms in total. The maximum Gasteiger partial charge on any atom is 0.265 e. The highest BCUT2D eigenvalue weighted by Gasteiger charge is 2.28. The van der Waals surface area contributed by atoms with Gasteiger partial charge in [-0.1, -0.05) is 31.2 Å². The molecular weight excluding hydrogens is 306 g/mol. The highest BCUT2D eigenvalue weighted by molar-refractivity contribution is 5.96. The standard InChI is InChI=1S/C19H21NO4/c1-3-14-12-20(15-8-4-5-9-16(15)24-14)19(21)13-23-18-11-7-6-10-17(18)22-2/h4-11,14H,3,12-13H2,1-2H3. The largest absolute Gasteiger partial charge is 0.493 e. The zero-order chi connectivity index (χ0) is 16.9. The van der Waals surface area contributed by atoms with Crippen LogP contribution in [0.3, 0.4) is 0 Å². The summed E-state index contributed by atoms with van der Waals surface area (Å²) in [5.74, 6) is 1.80. The van der Waals surface area contributed by atoms with E-state index < -0.39 is 0 Å². The smallest absolute Gasteiger partial charge is 0.265 e. The lowest BCUT2D eigenvalue weighted by atomic mass is 10.1. The molecule has 24 heavy (non-hydrogen) atoms. The second-order valence-electron chi connectivity index (χ2n) is 5.56. The zero-order valence-corrected chi connectivity index (χ0v) is 13.9. The SMILES string of the molecule is CCC1CN(C(=O)COc2ccccc2OC)c2ccccc2O1. The number of benzene rings is 2. The summed E-state index contributed by atoms with van der Waals surface area (Å²) in [6.07, 6.45) is 0.834. The van der Waals surface area contributed by atoms with Crippen molar-refractivity contribution in [2.75, 3.05) is 25.2 Å². The normalized spacial score (nSPS) is 16.1. The minimum Gasteiger partial charge on any atom is -0.493 e. The first-order chi connectivity index (χ1) is 11.7. The molecule has 0 aliphatic carbocycles. The Morgan fingerprint density at radius 1 is 1.17 bits per heavy atom. The van der Waals surface area contributed by atoms with Crippen molar-refractivity contribution in [2.24, 2.45) is 0 Å². The average Bonchev–Trinajstić information content (AvgIpc) is 2.65. The van der Waals surface area contributed by atoms with Crippen molar-refractivity contribution in [1.29, 1.82) is 0 Å². The molecular formula is C19H21NO4. The maximum atomic E-state index is 12.7. The van der Waals surface area contributed by atoms with Crippen LogP contribution in [0, 0.1) is 0 Å². The Morgan fingerprint density at radius 3 is 2.62 bits per heavy atom. The van der Waals surface area contributed by atoms with E-state index in [2.05, 4.69) is 0 Å². The number of hydrogen-bond acceptors (Lipinski definition) is 4. The third-order valence-electron chi connectivity index (χ3n) is 4.01. The highest BCUT2D eigenvalue weighted by atomic mass is 16.5. The first kappa shape index (κ1) is 16.2. The van der Waals surface area contributed by atoms with Gasteiger partial charge in [-0.25, -0.2) is 0 Å². The van der Waals surface area contributed by atoms with Gasteiger partial charge in [0.25, 0.3) is 5.91 Å². The number of ether oxygens (including phenoxy) is 3. The van der Waals surface area contributed by atoms with E-state index in [1.54, 1.807) is 24.1 Å². The number of para-hydroxylation sites is 4. The number of carbonyl (C=O) groups excluding carboxylic acids is 1. The van der Waals surface area contributed by atoms with Gasteiger partial charge in [0.2, 0.25) is 0 Å². The molecule has 1 heterocycles. The molecule has 0 saturated heterocycles. The molecule has 3 rings (SSSR count). The van der Waals surface area contributed by atoms with Gasteiger partial charge in [0.05, 0.1) is 19.3 Å². The summed E-state index contributed by atoms with van der Waals surface area (Å²) in [7, 11) is 1.58. The molecule has 0 saturated carbocycles. The van der Waals surface area contributed by atoms with Gasteiger partial charge in [-0.2, -0.15) is 0 Å². The van der Waals surface area contributed by atoms with Crippen LogP contribution in [-0.2, 0) is 4.79 Å². The summed E-state index contributed by atoms with van der Waals surface area (Å²) in [4.78, 5) is 14.4. The molecule has 5 heteroatoms. The maximum absolute atomic E-state index is 12.7. The van der Waals surface area contributed by atoms with Crippen molar-refractivity contribution < 1.29 is 19.0 Å². The van der Waals surface area contributed by atoms with Crippen molar-refractivity contribution in [3.05, 3.63) is 48.5 Å². The molecule has 0 radical (unpaired) electrons. The Kier molecular flexibility index (Phi) is 4.89. The fourth-order valence-electron chi connectivity index (χ4n) is 2.70. The molecule has 1 amide bonds. The molecule has 1 aliphatic rings. The topological polar surface area (TPSA) is 48.0 Å². The van der Waals surface area contributed by atoms with Crippen molar-refractivity contribution in [3.63, 3.8) is 0 Å². The van der Waals surface area contributed by atoms with Crippen molar-refractivity contribution >= 4 is 11.6 Å². The molecule has 0 spiro atoms. The van der Waals surface area contributed by atoms with Crippen molar-refractivity contribution in [1.82, 2.24) is 0 Å². The predicted molar refractivity (Wildman–Crippen MR) is 92.0 cm³/mol. The fraction of sp³-hybridized carbons (Fsp3) is 0.316. The third-order valence-corrected chi connectivity index (χ3v) is 4.01. The number of nitrogens with zero attached hydrogens (tertiary/aromatic N) is 1. The second kappa shape index (κ2) is 7.25. The van der Waals surface area contributed by atoms with Crippen LogP contribution in [-0.4, -0.2) is 32.3 Å². The van der Waals surface area contributed by atoms with E-state index in [4.69, 9.17) is 14.2 Å². The van der Waals surface area contributed by atoms with Crippen LogP contribution in [0.5, 0.6) is 17.2 Å². The Bertz CT molecular complexity index is 716. The summed E-state index contributed by atoms with van der Waals surface area (Å²) in [6, 6.07) is 14.9. The van der Waals surface area contributed by atoms with Gasteiger partial charge in [0, 0.05) is 0 Å². The Morgan fingerprint density at radius 2 is 1.88 bits per heavy atom. The molecule has 0 fully saturated rings. The zero-order valence-electron chi connectivity index (χ0n) is 13.9. The molecule has 2 aromatic rings. The number of rotatable bonds is 5. The molecule has 1 aliphatic heterocycles. The molecule has 2 aromatic carbocycles. The van der Waals surface area contributed by atoms with Crippen LogP contribution in [0.4, 0.5) is 5.69 Å². The van der Waals surface area contributed by atoms with Gasteiger partial charge in [-0.15, -0.1) is 0 Å². The molecule has 0 bridgehead atoms. The van der Waals surface area contributed by atoms with Crippen molar-refractivity contribution in [3.8, 4) is 17.2 Å². The summed E-state index contributed by atoms with van der Waals surface area (Å²) in [5, 5.41) is 0. The Balaban J connectivity index is 1.75. The Labute approximate surface area is 141 Å². The quantitative estimate of drug-likeness (QED) is 0.845. The number of fused-ring (bicyclic) bond motifs is 1. The van der Waals surface area contributed by atoms with Crippen LogP contribution in [0.25, 0.3) is 0 Å². The van der Waals surface area contributed by atoms with E-state index in [0.717, 1.165) is 17.9 Å². The van der Waals surface area contributed by atoms with Crippen LogP contribution >= 0.6 is 0 Å². The number of anilines is 1. The minimum atomic E-state index is -0.102. The predicted octanol–water partition coefficient (Wildman–Crippen LogP) is 3.28. The molecule has 1 unspecified atom stereocenters. The minimum absolute atomic E-state index is 0.00453. The van der Waals surface area contributed by atoms with Crippen molar-refractivity contribution in [2.45, 2.75) is 19.4 Å². The van der Waals surface area contributed by atoms with Crippen LogP contribution in [0.2, 0.25) is 0 Å². The van der Waals surface area contributed by atoms with Gasteiger partial charge < -0.3 is 19.1 Å². The summed E-state index contributed by atoms with van der Waals surface area (Å²) < 4.78 is 16.8. The second-order valence-corrected chi connectivity index (χ2v) is 5.56. The molecule has 0 N–H and O–H groups in total. The van der Waals surface area contributed by atoms with E-state index in [0.29, 0.717) is 18.0 Å². The number of methoxy groups -OCH3 is 1. The Hall–Kier alpha value is -2.69. The lowest BCUT2D eigenvalue weighted by molar-refractivity contribution is -0.121. The first-order valence-corrected chi connectivity index (χ1v) is 8.04. The van der Waals surface area contributed by atoms with E-state index in [1.165, 1.54) is 0 Å². The first-order valence-electron chi connectivity index (χ1n) is 8.04. The van der Waals surface area contributed by atoms with E-state index in [-0.39, 0.29) is 18.6 Å². The van der Waals surface area contributed by atoms with Crippen LogP contribution in [0.1, 0.15) is 13.3 Å². The number of hydrogen-bond donors (Lipinski definition) is 0. The van der Waals surface area contributed by atoms with Gasteiger partial charge in [-0.3, -0.25) is 4.79 Å². The number of carbonyl (C=O) groups is 1. The summed E-state index contributed by atoms with van der Waals surface area (Å²) >= 11 is 0. The monoisotopic (exact) mass is 327 g/mol. The average molecular weight is 327 g/mol.